The van der Waals surface area contributed by atoms with Crippen LogP contribution in [0.15, 0.2) is 29.3 Å². The van der Waals surface area contributed by atoms with E-state index in [-0.39, 0.29) is 11.6 Å². The molecule has 0 saturated carbocycles. The monoisotopic (exact) mass is 243 g/mol. The van der Waals surface area contributed by atoms with E-state index in [4.69, 9.17) is 0 Å². The highest BCUT2D eigenvalue weighted by Gasteiger charge is 2.40. The van der Waals surface area contributed by atoms with E-state index in [0.29, 0.717) is 5.71 Å². The van der Waals surface area contributed by atoms with E-state index in [1.807, 2.05) is 31.2 Å². The van der Waals surface area contributed by atoms with Crippen molar-refractivity contribution in [2.45, 2.75) is 25.4 Å². The molecule has 2 aliphatic rings. The molecule has 2 heterocycles. The van der Waals surface area contributed by atoms with Gasteiger partial charge in [-0.15, -0.1) is 0 Å². The highest BCUT2D eigenvalue weighted by molar-refractivity contribution is 6.46. The summed E-state index contributed by atoms with van der Waals surface area (Å²) < 4.78 is 0. The molecule has 4 heteroatoms. The Morgan fingerprint density at radius 1 is 1.17 bits per heavy atom. The third-order valence-corrected chi connectivity index (χ3v) is 3.64. The lowest BCUT2D eigenvalue weighted by molar-refractivity contribution is -0.115. The van der Waals surface area contributed by atoms with Crippen molar-refractivity contribution in [1.29, 1.82) is 0 Å². The molecule has 0 aromatic heterocycles. The van der Waals surface area contributed by atoms with Gasteiger partial charge < -0.3 is 10.6 Å². The second-order valence-electron chi connectivity index (χ2n) is 5.06. The second-order valence-corrected chi connectivity index (χ2v) is 5.06. The van der Waals surface area contributed by atoms with Crippen LogP contribution in [0.3, 0.4) is 0 Å². The number of carbonyl (C=O) groups is 1. The first kappa shape index (κ1) is 11.4. The molecule has 2 N–H and O–H groups in total. The summed E-state index contributed by atoms with van der Waals surface area (Å²) in [6, 6.07) is 7.96. The molecule has 1 aromatic carbocycles. The average Bonchev–Trinajstić information content (AvgIpc) is 2.68. The number of aliphatic imine (C=N–C) groups is 1. The molecule has 1 saturated heterocycles. The summed E-state index contributed by atoms with van der Waals surface area (Å²) in [7, 11) is 0. The Kier molecular flexibility index (Phi) is 2.67. The van der Waals surface area contributed by atoms with Crippen molar-refractivity contribution >= 4 is 11.6 Å². The summed E-state index contributed by atoms with van der Waals surface area (Å²) >= 11 is 0. The van der Waals surface area contributed by atoms with Gasteiger partial charge in [0.2, 0.25) is 0 Å². The quantitative estimate of drug-likeness (QED) is 0.773. The third kappa shape index (κ3) is 1.93. The molecule has 0 bridgehead atoms. The summed E-state index contributed by atoms with van der Waals surface area (Å²) in [5.41, 5.74) is 2.32. The van der Waals surface area contributed by atoms with Crippen LogP contribution in [-0.4, -0.2) is 30.4 Å². The van der Waals surface area contributed by atoms with Crippen molar-refractivity contribution < 1.29 is 4.79 Å². The van der Waals surface area contributed by atoms with Crippen LogP contribution in [0.5, 0.6) is 0 Å². The number of carbonyl (C=O) groups excluding carboxylic acids is 1. The minimum absolute atomic E-state index is 0.0410. The topological polar surface area (TPSA) is 53.5 Å². The van der Waals surface area contributed by atoms with Crippen molar-refractivity contribution in [3.63, 3.8) is 0 Å². The molecular weight excluding hydrogens is 226 g/mol. The van der Waals surface area contributed by atoms with Gasteiger partial charge in [0.05, 0.1) is 0 Å². The lowest BCUT2D eigenvalue weighted by Gasteiger charge is -2.30. The smallest absolute Gasteiger partial charge is 0.272 e. The molecule has 4 nitrogen and oxygen atoms in total. The summed E-state index contributed by atoms with van der Waals surface area (Å²) in [5, 5.41) is 6.34. The number of hydrogen-bond donors (Lipinski definition) is 2. The highest BCUT2D eigenvalue weighted by atomic mass is 16.2. The molecule has 1 amide bonds. The number of rotatable bonds is 1. The third-order valence-electron chi connectivity index (χ3n) is 3.64. The number of aryl methyl sites for hydroxylation is 1. The Morgan fingerprint density at radius 2 is 1.83 bits per heavy atom. The number of hydrogen-bond acceptors (Lipinski definition) is 3. The highest BCUT2D eigenvalue weighted by Crippen LogP contribution is 2.26. The van der Waals surface area contributed by atoms with Gasteiger partial charge in [-0.05, 0) is 20.0 Å². The normalized spacial score (nSPS) is 21.8. The van der Waals surface area contributed by atoms with Crippen LogP contribution in [0, 0.1) is 6.92 Å². The zero-order valence-corrected chi connectivity index (χ0v) is 10.5. The van der Waals surface area contributed by atoms with Gasteiger partial charge in [-0.25, -0.2) is 0 Å². The minimum Gasteiger partial charge on any atom is -0.326 e. The van der Waals surface area contributed by atoms with E-state index in [1.54, 1.807) is 0 Å². The molecule has 1 spiro atoms. The number of nitrogens with zero attached hydrogens (tertiary/aromatic N) is 1. The minimum atomic E-state index is -0.359. The van der Waals surface area contributed by atoms with Crippen molar-refractivity contribution in [1.82, 2.24) is 10.6 Å². The number of benzene rings is 1. The lowest BCUT2D eigenvalue weighted by atomic mass is 10.00. The standard InChI is InChI=1S/C14H17N3O/c1-10-2-4-11(5-3-10)12-13(18)17-14(16-12)6-8-15-9-7-14/h2-5,15H,6-9H2,1H3,(H,17,18). The molecule has 0 radical (unpaired) electrons. The van der Waals surface area contributed by atoms with E-state index in [2.05, 4.69) is 15.6 Å². The van der Waals surface area contributed by atoms with Gasteiger partial charge in [-0.3, -0.25) is 9.79 Å². The number of nitrogens with one attached hydrogen (secondary N) is 2. The van der Waals surface area contributed by atoms with E-state index in [9.17, 15) is 4.79 Å². The van der Waals surface area contributed by atoms with Crippen molar-refractivity contribution in [2.24, 2.45) is 4.99 Å². The number of piperidine rings is 1. The Balaban J connectivity index is 1.93. The molecular formula is C14H17N3O. The molecule has 0 atom stereocenters. The Hall–Kier alpha value is -1.68. The SMILES string of the molecule is Cc1ccc(C2=NC3(CCNCC3)NC2=O)cc1. The van der Waals surface area contributed by atoms with Crippen molar-refractivity contribution in [2.75, 3.05) is 13.1 Å². The van der Waals surface area contributed by atoms with Crippen LogP contribution in [0.25, 0.3) is 0 Å². The maximum atomic E-state index is 12.1. The van der Waals surface area contributed by atoms with E-state index in [1.165, 1.54) is 5.56 Å². The summed E-state index contributed by atoms with van der Waals surface area (Å²) in [4.78, 5) is 16.7. The van der Waals surface area contributed by atoms with Crippen LogP contribution in [-0.2, 0) is 4.79 Å². The molecule has 2 aliphatic heterocycles. The Morgan fingerprint density at radius 3 is 2.50 bits per heavy atom. The van der Waals surface area contributed by atoms with Gasteiger partial charge >= 0.3 is 0 Å². The van der Waals surface area contributed by atoms with Crippen molar-refractivity contribution in [3.8, 4) is 0 Å². The van der Waals surface area contributed by atoms with Gasteiger partial charge in [-0.2, -0.15) is 0 Å². The fourth-order valence-electron chi connectivity index (χ4n) is 2.55. The van der Waals surface area contributed by atoms with Gasteiger partial charge in [0.15, 0.2) is 0 Å². The fraction of sp³-hybridized carbons (Fsp3) is 0.429. The average molecular weight is 243 g/mol. The van der Waals surface area contributed by atoms with E-state index in [0.717, 1.165) is 31.5 Å². The zero-order chi connectivity index (χ0) is 12.6. The Bertz CT molecular complexity index is 498. The van der Waals surface area contributed by atoms with Gasteiger partial charge in [0.25, 0.3) is 5.91 Å². The summed E-state index contributed by atoms with van der Waals surface area (Å²) in [5.74, 6) is -0.0410. The molecule has 3 rings (SSSR count). The summed E-state index contributed by atoms with van der Waals surface area (Å²) in [6.45, 7) is 3.85. The van der Waals surface area contributed by atoms with Gasteiger partial charge in [0.1, 0.15) is 11.4 Å². The fourth-order valence-corrected chi connectivity index (χ4v) is 2.55. The maximum Gasteiger partial charge on any atom is 0.272 e. The van der Waals surface area contributed by atoms with Crippen LogP contribution in [0.4, 0.5) is 0 Å². The molecule has 0 aliphatic carbocycles. The van der Waals surface area contributed by atoms with Crippen LogP contribution in [0.1, 0.15) is 24.0 Å². The van der Waals surface area contributed by atoms with Crippen LogP contribution in [0.2, 0.25) is 0 Å². The molecule has 94 valence electrons. The number of amides is 1. The predicted molar refractivity (Wildman–Crippen MR) is 70.7 cm³/mol. The lowest BCUT2D eigenvalue weighted by Crippen LogP contribution is -2.49. The molecule has 0 unspecified atom stereocenters. The second kappa shape index (κ2) is 4.21. The first-order valence-electron chi connectivity index (χ1n) is 6.39. The summed E-state index contributed by atoms with van der Waals surface area (Å²) in [6.07, 6.45) is 1.74. The van der Waals surface area contributed by atoms with Gasteiger partial charge in [-0.1, -0.05) is 29.8 Å². The first-order chi connectivity index (χ1) is 8.69. The molecule has 18 heavy (non-hydrogen) atoms. The largest absolute Gasteiger partial charge is 0.326 e. The van der Waals surface area contributed by atoms with Crippen LogP contribution < -0.4 is 10.6 Å². The zero-order valence-electron chi connectivity index (χ0n) is 10.5. The van der Waals surface area contributed by atoms with E-state index >= 15 is 0 Å². The van der Waals surface area contributed by atoms with Gasteiger partial charge in [0, 0.05) is 18.4 Å². The van der Waals surface area contributed by atoms with Crippen molar-refractivity contribution in [3.05, 3.63) is 35.4 Å². The first-order valence-corrected chi connectivity index (χ1v) is 6.39. The Labute approximate surface area is 106 Å². The van der Waals surface area contributed by atoms with Crippen LogP contribution >= 0.6 is 0 Å². The predicted octanol–water partition coefficient (Wildman–Crippen LogP) is 0.994. The maximum absolute atomic E-state index is 12.1. The molecule has 1 aromatic rings. The molecule has 1 fully saturated rings. The van der Waals surface area contributed by atoms with E-state index < -0.39 is 0 Å².